The van der Waals surface area contributed by atoms with E-state index >= 15 is 0 Å². The third-order valence-corrected chi connectivity index (χ3v) is 4.06. The van der Waals surface area contributed by atoms with E-state index in [1.807, 2.05) is 0 Å². The van der Waals surface area contributed by atoms with E-state index in [4.69, 9.17) is 14.6 Å². The molecule has 0 saturated heterocycles. The second-order valence-corrected chi connectivity index (χ2v) is 5.76. The van der Waals surface area contributed by atoms with Gasteiger partial charge in [-0.15, -0.1) is 0 Å². The third kappa shape index (κ3) is 2.97. The number of halogens is 1. The zero-order valence-electron chi connectivity index (χ0n) is 10.6. The Morgan fingerprint density at radius 1 is 1.33 bits per heavy atom. The normalized spacial score (nSPS) is 11.3. The topological polar surface area (TPSA) is 117 Å². The van der Waals surface area contributed by atoms with Gasteiger partial charge in [0.1, 0.15) is 10.7 Å². The van der Waals surface area contributed by atoms with Gasteiger partial charge in [-0.1, -0.05) is 0 Å². The molecule has 2 rings (SSSR count). The molecule has 7 nitrogen and oxygen atoms in total. The zero-order valence-corrected chi connectivity index (χ0v) is 11.4. The number of furan rings is 1. The number of benzene rings is 1. The number of phenolic OH excluding ortho intramolecular Hbond substituents is 1. The standard InChI is InChI=1S/C12H10FNO6S/c1-6-11(5-10(20-6)12(16)17)21(18,19)14-7-2-3-9(15)8(13)4-7/h2-5,14-15H,1H3,(H,16,17). The van der Waals surface area contributed by atoms with E-state index in [0.717, 1.165) is 24.3 Å². The van der Waals surface area contributed by atoms with Crippen molar-refractivity contribution in [1.29, 1.82) is 0 Å². The number of aromatic hydroxyl groups is 1. The fraction of sp³-hybridized carbons (Fsp3) is 0.0833. The first-order valence-corrected chi connectivity index (χ1v) is 7.04. The number of anilines is 1. The van der Waals surface area contributed by atoms with Crippen molar-refractivity contribution in [2.75, 3.05) is 4.72 Å². The Labute approximate surface area is 118 Å². The van der Waals surface area contributed by atoms with Gasteiger partial charge in [-0.2, -0.15) is 0 Å². The maximum absolute atomic E-state index is 13.2. The summed E-state index contributed by atoms with van der Waals surface area (Å²) in [5.41, 5.74) is -0.122. The third-order valence-electron chi connectivity index (χ3n) is 2.57. The van der Waals surface area contributed by atoms with Gasteiger partial charge in [-0.05, 0) is 19.1 Å². The molecule has 0 radical (unpaired) electrons. The van der Waals surface area contributed by atoms with E-state index in [2.05, 4.69) is 4.72 Å². The van der Waals surface area contributed by atoms with Crippen LogP contribution in [0.5, 0.6) is 5.75 Å². The van der Waals surface area contributed by atoms with Gasteiger partial charge < -0.3 is 14.6 Å². The van der Waals surface area contributed by atoms with Gasteiger partial charge in [-0.3, -0.25) is 4.72 Å². The Hall–Kier alpha value is -2.55. The first-order valence-electron chi connectivity index (χ1n) is 5.56. The fourth-order valence-corrected chi connectivity index (χ4v) is 2.85. The van der Waals surface area contributed by atoms with Crippen LogP contribution in [0.2, 0.25) is 0 Å². The Balaban J connectivity index is 2.38. The van der Waals surface area contributed by atoms with Crippen molar-refractivity contribution >= 4 is 21.7 Å². The molecule has 0 spiro atoms. The van der Waals surface area contributed by atoms with E-state index in [1.54, 1.807) is 0 Å². The van der Waals surface area contributed by atoms with Crippen LogP contribution < -0.4 is 4.72 Å². The predicted octanol–water partition coefficient (Wildman–Crippen LogP) is 1.93. The summed E-state index contributed by atoms with van der Waals surface area (Å²) in [6.45, 7) is 1.29. The SMILES string of the molecule is Cc1oc(C(=O)O)cc1S(=O)(=O)Nc1ccc(O)c(F)c1. The van der Waals surface area contributed by atoms with E-state index in [-0.39, 0.29) is 16.3 Å². The molecule has 0 aliphatic heterocycles. The Morgan fingerprint density at radius 2 is 2.00 bits per heavy atom. The summed E-state index contributed by atoms with van der Waals surface area (Å²) in [6.07, 6.45) is 0. The summed E-state index contributed by atoms with van der Waals surface area (Å²) in [4.78, 5) is 10.4. The summed E-state index contributed by atoms with van der Waals surface area (Å²) < 4.78 is 44.3. The number of phenols is 1. The van der Waals surface area contributed by atoms with E-state index in [1.165, 1.54) is 6.92 Å². The highest BCUT2D eigenvalue weighted by Crippen LogP contribution is 2.25. The molecule has 0 fully saturated rings. The van der Waals surface area contributed by atoms with Gasteiger partial charge in [0.2, 0.25) is 5.76 Å². The average Bonchev–Trinajstić information content (AvgIpc) is 2.77. The molecule has 3 N–H and O–H groups in total. The lowest BCUT2D eigenvalue weighted by molar-refractivity contribution is 0.0661. The van der Waals surface area contributed by atoms with E-state index < -0.39 is 33.3 Å². The number of sulfonamides is 1. The van der Waals surface area contributed by atoms with Crippen molar-refractivity contribution in [3.63, 3.8) is 0 Å². The van der Waals surface area contributed by atoms with Crippen LogP contribution in [-0.4, -0.2) is 24.6 Å². The van der Waals surface area contributed by atoms with Gasteiger partial charge in [-0.25, -0.2) is 17.6 Å². The monoisotopic (exact) mass is 315 g/mol. The molecule has 0 atom stereocenters. The molecule has 1 aromatic heterocycles. The van der Waals surface area contributed by atoms with Gasteiger partial charge >= 0.3 is 5.97 Å². The minimum Gasteiger partial charge on any atom is -0.505 e. The smallest absolute Gasteiger partial charge is 0.371 e. The van der Waals surface area contributed by atoms with Crippen molar-refractivity contribution in [2.45, 2.75) is 11.8 Å². The summed E-state index contributed by atoms with van der Waals surface area (Å²) in [7, 11) is -4.14. The van der Waals surface area contributed by atoms with Crippen LogP contribution in [0.1, 0.15) is 16.3 Å². The van der Waals surface area contributed by atoms with Crippen LogP contribution >= 0.6 is 0 Å². The van der Waals surface area contributed by atoms with Crippen LogP contribution in [0.25, 0.3) is 0 Å². The summed E-state index contributed by atoms with van der Waals surface area (Å²) >= 11 is 0. The lowest BCUT2D eigenvalue weighted by atomic mass is 10.3. The van der Waals surface area contributed by atoms with Gasteiger partial charge in [0.25, 0.3) is 10.0 Å². The molecule has 0 aliphatic carbocycles. The highest BCUT2D eigenvalue weighted by molar-refractivity contribution is 7.92. The minimum atomic E-state index is -4.14. The number of rotatable bonds is 4. The van der Waals surface area contributed by atoms with Crippen molar-refractivity contribution in [3.8, 4) is 5.75 Å². The molecule has 9 heteroatoms. The van der Waals surface area contributed by atoms with Crippen LogP contribution in [0.3, 0.4) is 0 Å². The molecule has 2 aromatic rings. The van der Waals surface area contributed by atoms with Crippen LogP contribution in [0.15, 0.2) is 33.6 Å². The Kier molecular flexibility index (Phi) is 3.60. The highest BCUT2D eigenvalue weighted by atomic mass is 32.2. The molecule has 0 amide bonds. The van der Waals surface area contributed by atoms with Crippen LogP contribution in [0, 0.1) is 12.7 Å². The molecular weight excluding hydrogens is 305 g/mol. The summed E-state index contributed by atoms with van der Waals surface area (Å²) in [6, 6.07) is 3.79. The summed E-state index contributed by atoms with van der Waals surface area (Å²) in [5, 5.41) is 17.8. The Morgan fingerprint density at radius 3 is 2.52 bits per heavy atom. The van der Waals surface area contributed by atoms with E-state index in [0.29, 0.717) is 0 Å². The molecule has 112 valence electrons. The number of aromatic carboxylic acids is 1. The Bertz CT molecular complexity index is 811. The number of carbonyl (C=O) groups is 1. The molecule has 0 bridgehead atoms. The largest absolute Gasteiger partial charge is 0.505 e. The number of hydrogen-bond acceptors (Lipinski definition) is 5. The maximum Gasteiger partial charge on any atom is 0.371 e. The van der Waals surface area contributed by atoms with Crippen LogP contribution in [0.4, 0.5) is 10.1 Å². The van der Waals surface area contributed by atoms with Crippen molar-refractivity contribution in [2.24, 2.45) is 0 Å². The van der Waals surface area contributed by atoms with Gasteiger partial charge in [0.05, 0.1) is 5.69 Å². The number of hydrogen-bond donors (Lipinski definition) is 3. The first kappa shape index (κ1) is 14.9. The predicted molar refractivity (Wildman–Crippen MR) is 69.3 cm³/mol. The lowest BCUT2D eigenvalue weighted by Gasteiger charge is -2.07. The van der Waals surface area contributed by atoms with Gasteiger partial charge in [0, 0.05) is 12.1 Å². The number of aryl methyl sites for hydroxylation is 1. The number of carboxylic acid groups (broad SMARTS) is 1. The molecule has 1 aromatic carbocycles. The maximum atomic E-state index is 13.2. The number of nitrogens with one attached hydrogen (secondary N) is 1. The van der Waals surface area contributed by atoms with Crippen molar-refractivity contribution < 1.29 is 32.2 Å². The molecule has 21 heavy (non-hydrogen) atoms. The lowest BCUT2D eigenvalue weighted by Crippen LogP contribution is -2.13. The fourth-order valence-electron chi connectivity index (χ4n) is 1.62. The van der Waals surface area contributed by atoms with Gasteiger partial charge in [0.15, 0.2) is 11.6 Å². The molecule has 0 saturated carbocycles. The number of carboxylic acids is 1. The highest BCUT2D eigenvalue weighted by Gasteiger charge is 2.24. The quantitative estimate of drug-likeness (QED) is 0.742. The molecule has 0 aliphatic rings. The van der Waals surface area contributed by atoms with E-state index in [9.17, 15) is 17.6 Å². The average molecular weight is 315 g/mol. The first-order chi connectivity index (χ1) is 9.70. The van der Waals surface area contributed by atoms with Crippen molar-refractivity contribution in [3.05, 3.63) is 41.6 Å². The zero-order chi connectivity index (χ0) is 15.8. The summed E-state index contributed by atoms with van der Waals surface area (Å²) in [5.74, 6) is -3.66. The van der Waals surface area contributed by atoms with Crippen molar-refractivity contribution in [1.82, 2.24) is 0 Å². The second-order valence-electron chi connectivity index (χ2n) is 4.11. The molecule has 0 unspecified atom stereocenters. The molecular formula is C12H10FNO6S. The minimum absolute atomic E-state index is 0.112. The second kappa shape index (κ2) is 5.09. The van der Waals surface area contributed by atoms with Crippen LogP contribution in [-0.2, 0) is 10.0 Å². The molecule has 1 heterocycles.